The predicted octanol–water partition coefficient (Wildman–Crippen LogP) is 4.43. The molecule has 1 fully saturated rings. The summed E-state index contributed by atoms with van der Waals surface area (Å²) in [6.07, 6.45) is 2.43. The lowest BCUT2D eigenvalue weighted by atomic mass is 10.1. The van der Waals surface area contributed by atoms with E-state index in [0.717, 1.165) is 25.2 Å². The smallest absolute Gasteiger partial charge is 0.410 e. The third-order valence-electron chi connectivity index (χ3n) is 5.67. The zero-order valence-corrected chi connectivity index (χ0v) is 20.7. The lowest BCUT2D eigenvalue weighted by Crippen LogP contribution is -2.55. The number of likely N-dealkylation sites (N-methyl/N-ethyl adjacent to an activating group) is 1. The summed E-state index contributed by atoms with van der Waals surface area (Å²) < 4.78 is 11.7. The number of carbonyl (C=O) groups is 1. The van der Waals surface area contributed by atoms with Gasteiger partial charge in [0, 0.05) is 45.0 Å². The van der Waals surface area contributed by atoms with E-state index >= 15 is 0 Å². The van der Waals surface area contributed by atoms with Crippen molar-refractivity contribution in [2.75, 3.05) is 44.7 Å². The monoisotopic (exact) mass is 454 g/mol. The van der Waals surface area contributed by atoms with Crippen molar-refractivity contribution in [2.45, 2.75) is 52.3 Å². The van der Waals surface area contributed by atoms with E-state index in [1.165, 1.54) is 5.56 Å². The van der Waals surface area contributed by atoms with Gasteiger partial charge in [-0.05, 0) is 51.9 Å². The Labute approximate surface area is 198 Å². The molecule has 1 saturated heterocycles. The number of anilines is 1. The summed E-state index contributed by atoms with van der Waals surface area (Å²) in [6.45, 7) is 12.0. The van der Waals surface area contributed by atoms with Gasteiger partial charge in [0.2, 0.25) is 5.88 Å². The molecule has 1 aliphatic rings. The molecule has 180 valence electrons. The highest BCUT2D eigenvalue weighted by Gasteiger charge is 2.32. The maximum atomic E-state index is 12.6. The Morgan fingerprint density at radius 1 is 1.15 bits per heavy atom. The molecular formula is C26H38N4O3. The molecule has 1 atom stereocenters. The minimum absolute atomic E-state index is 0.179. The third kappa shape index (κ3) is 7.35. The van der Waals surface area contributed by atoms with Crippen LogP contribution in [0.25, 0.3) is 0 Å². The highest BCUT2D eigenvalue weighted by Crippen LogP contribution is 2.30. The number of hydrogen-bond donors (Lipinski definition) is 0. The van der Waals surface area contributed by atoms with Crippen molar-refractivity contribution in [3.63, 3.8) is 0 Å². The summed E-state index contributed by atoms with van der Waals surface area (Å²) in [7, 11) is 2.10. The number of piperazine rings is 1. The van der Waals surface area contributed by atoms with Gasteiger partial charge in [-0.1, -0.05) is 37.3 Å². The Bertz CT molecular complexity index is 885. The number of aromatic nitrogens is 1. The maximum Gasteiger partial charge on any atom is 0.410 e. The molecule has 33 heavy (non-hydrogen) atoms. The normalized spacial score (nSPS) is 16.7. The van der Waals surface area contributed by atoms with Crippen molar-refractivity contribution in [3.05, 3.63) is 54.2 Å². The van der Waals surface area contributed by atoms with Crippen molar-refractivity contribution in [3.8, 4) is 5.88 Å². The second-order valence-corrected chi connectivity index (χ2v) is 9.58. The van der Waals surface area contributed by atoms with Gasteiger partial charge in [-0.2, -0.15) is 0 Å². The highest BCUT2D eigenvalue weighted by atomic mass is 16.6. The van der Waals surface area contributed by atoms with Gasteiger partial charge in [0.1, 0.15) is 17.9 Å². The fourth-order valence-electron chi connectivity index (χ4n) is 4.00. The summed E-state index contributed by atoms with van der Waals surface area (Å²) in [6, 6.07) is 14.6. The summed E-state index contributed by atoms with van der Waals surface area (Å²) >= 11 is 0. The second-order valence-electron chi connectivity index (χ2n) is 9.58. The summed E-state index contributed by atoms with van der Waals surface area (Å²) in [4.78, 5) is 23.5. The van der Waals surface area contributed by atoms with E-state index in [-0.39, 0.29) is 12.1 Å². The van der Waals surface area contributed by atoms with E-state index in [2.05, 4.69) is 59.1 Å². The number of carbonyl (C=O) groups excluding carboxylic acids is 1. The van der Waals surface area contributed by atoms with Crippen LogP contribution < -0.4 is 9.64 Å². The van der Waals surface area contributed by atoms with Crippen LogP contribution in [0.2, 0.25) is 0 Å². The fraction of sp³-hybridized carbons (Fsp3) is 0.538. The molecule has 3 rings (SSSR count). The molecule has 0 spiro atoms. The lowest BCUT2D eigenvalue weighted by molar-refractivity contribution is 0.0213. The average Bonchev–Trinajstić information content (AvgIpc) is 2.78. The van der Waals surface area contributed by atoms with Crippen LogP contribution in [0.4, 0.5) is 10.5 Å². The van der Waals surface area contributed by atoms with Gasteiger partial charge in [-0.25, -0.2) is 9.78 Å². The van der Waals surface area contributed by atoms with Crippen LogP contribution in [0.5, 0.6) is 5.88 Å². The molecule has 7 nitrogen and oxygen atoms in total. The molecule has 0 N–H and O–H groups in total. The third-order valence-corrected chi connectivity index (χ3v) is 5.67. The maximum absolute atomic E-state index is 12.6. The Hall–Kier alpha value is -2.80. The second kappa shape index (κ2) is 11.4. The van der Waals surface area contributed by atoms with Crippen LogP contribution in [0.15, 0.2) is 48.7 Å². The first-order valence-electron chi connectivity index (χ1n) is 11.8. The van der Waals surface area contributed by atoms with Gasteiger partial charge >= 0.3 is 6.09 Å². The minimum Gasteiger partial charge on any atom is -0.475 e. The summed E-state index contributed by atoms with van der Waals surface area (Å²) in [5, 5.41) is 0. The SMILES string of the molecule is CC[C@@H]1CN(C(=O)OC(C)(C)C)CCN1c1cccnc1OCCN(C)Cc1ccccc1. The first kappa shape index (κ1) is 24.8. The van der Waals surface area contributed by atoms with E-state index < -0.39 is 5.60 Å². The molecule has 0 saturated carbocycles. The Balaban J connectivity index is 1.59. The quantitative estimate of drug-likeness (QED) is 0.588. The van der Waals surface area contributed by atoms with Crippen LogP contribution in [-0.4, -0.2) is 72.4 Å². The van der Waals surface area contributed by atoms with E-state index in [1.807, 2.05) is 37.8 Å². The number of benzene rings is 1. The molecule has 1 aromatic heterocycles. The molecule has 0 unspecified atom stereocenters. The average molecular weight is 455 g/mol. The molecule has 0 aliphatic carbocycles. The number of pyridine rings is 1. The standard InChI is InChI=1S/C26H38N4O3/c1-6-22-20-29(25(31)33-26(2,3)4)15-16-30(22)23-13-10-14-27-24(23)32-18-17-28(5)19-21-11-8-7-9-12-21/h7-14,22H,6,15-20H2,1-5H3/t22-/m1/s1. The first-order valence-corrected chi connectivity index (χ1v) is 11.8. The largest absolute Gasteiger partial charge is 0.475 e. The van der Waals surface area contributed by atoms with Crippen molar-refractivity contribution in [2.24, 2.45) is 0 Å². The molecule has 1 aromatic carbocycles. The molecule has 2 heterocycles. The van der Waals surface area contributed by atoms with Gasteiger partial charge < -0.3 is 19.3 Å². The van der Waals surface area contributed by atoms with Gasteiger partial charge in [-0.3, -0.25) is 4.90 Å². The van der Waals surface area contributed by atoms with Crippen LogP contribution in [0, 0.1) is 0 Å². The Morgan fingerprint density at radius 3 is 2.61 bits per heavy atom. The molecule has 1 aliphatic heterocycles. The fourth-order valence-corrected chi connectivity index (χ4v) is 4.00. The lowest BCUT2D eigenvalue weighted by Gasteiger charge is -2.42. The van der Waals surface area contributed by atoms with Gasteiger partial charge in [0.25, 0.3) is 0 Å². The summed E-state index contributed by atoms with van der Waals surface area (Å²) in [5.41, 5.74) is 1.78. The van der Waals surface area contributed by atoms with Gasteiger partial charge in [-0.15, -0.1) is 0 Å². The Kier molecular flexibility index (Phi) is 8.55. The number of nitrogens with zero attached hydrogens (tertiary/aromatic N) is 4. The van der Waals surface area contributed by atoms with Crippen LogP contribution in [0.3, 0.4) is 0 Å². The first-order chi connectivity index (χ1) is 15.8. The van der Waals surface area contributed by atoms with Gasteiger partial charge in [0.15, 0.2) is 0 Å². The number of hydrogen-bond acceptors (Lipinski definition) is 6. The zero-order chi connectivity index (χ0) is 23.8. The molecule has 2 aromatic rings. The molecule has 1 amide bonds. The van der Waals surface area contributed by atoms with Crippen molar-refractivity contribution in [1.82, 2.24) is 14.8 Å². The van der Waals surface area contributed by atoms with Crippen LogP contribution in [0.1, 0.15) is 39.7 Å². The van der Waals surface area contributed by atoms with E-state index in [4.69, 9.17) is 9.47 Å². The molecule has 0 radical (unpaired) electrons. The number of amides is 1. The molecule has 0 bridgehead atoms. The van der Waals surface area contributed by atoms with Crippen LogP contribution in [-0.2, 0) is 11.3 Å². The molecular weight excluding hydrogens is 416 g/mol. The van der Waals surface area contributed by atoms with E-state index in [9.17, 15) is 4.79 Å². The van der Waals surface area contributed by atoms with Crippen LogP contribution >= 0.6 is 0 Å². The highest BCUT2D eigenvalue weighted by molar-refractivity contribution is 5.69. The van der Waals surface area contributed by atoms with Crippen molar-refractivity contribution >= 4 is 11.8 Å². The van der Waals surface area contributed by atoms with Crippen molar-refractivity contribution in [1.29, 1.82) is 0 Å². The van der Waals surface area contributed by atoms with E-state index in [1.54, 1.807) is 6.20 Å². The topological polar surface area (TPSA) is 58.1 Å². The molecule has 7 heteroatoms. The van der Waals surface area contributed by atoms with E-state index in [0.29, 0.717) is 32.1 Å². The predicted molar refractivity (Wildman–Crippen MR) is 132 cm³/mol. The Morgan fingerprint density at radius 2 is 1.91 bits per heavy atom. The van der Waals surface area contributed by atoms with Crippen molar-refractivity contribution < 1.29 is 14.3 Å². The van der Waals surface area contributed by atoms with Gasteiger partial charge in [0.05, 0.1) is 0 Å². The number of rotatable bonds is 8. The minimum atomic E-state index is -0.492. The summed E-state index contributed by atoms with van der Waals surface area (Å²) in [5.74, 6) is 0.648. The number of ether oxygens (including phenoxy) is 2. The zero-order valence-electron chi connectivity index (χ0n) is 20.7.